The fourth-order valence-electron chi connectivity index (χ4n) is 17.6. The van der Waals surface area contributed by atoms with E-state index in [2.05, 4.69) is 117 Å². The van der Waals surface area contributed by atoms with Gasteiger partial charge in [-0.15, -0.1) is 0 Å². The third-order valence-corrected chi connectivity index (χ3v) is 26.0. The molecule has 2 aliphatic rings. The standard InChI is InChI=1S/C54H76N6O11.C51H70N6O11/c1-34(2)28-36-14-19-39(20-15-36)35(3)48(62)33-56-26-8-6-12-44(55)51(66)58-32-37-16-22-41(23-17-37)47(61)31-43(30-38-18-21-40-10-4-5-11-42(40)29-38)50(65)57-27-9-7-13-45(52(67)68)59-54(71)60-46(53(69)70)24-25-49(63)64;1-31(2)24-33-11-16-36(17-12-33)32(3)45(59)30-53-29-41(52)48(63)55-28-34-13-19-38(20-14-34)44(58)27-40(26-35-15-18-37-8-4-5-9-39(37)25-35)47(62)54-23-7-6-10-42(49(64)65)56-51(68)57-43(50(66)67)21-22-46(60)61/h4-5,10-11,14-15,18-21,29,34-35,37,41,43-46,56H,6-9,12-13,16-17,22-28,30-33,55H2,1-3H3,(H,57,65)(H,58,66)(H,63,64)(H,67,68)(H,69,70)(H2,59,60,71);4-5,8-9,11-12,15-18,25,31-32,34,38,40-43,53H,6-7,10,13-14,19-24,26-30,52H2,1-3H3,(H,54,62)(H,55,63)(H,60,61)(H,64,65)(H,66,67)(H2,56,57,68)/i/hD2. The van der Waals surface area contributed by atoms with E-state index in [9.17, 15) is 97.1 Å². The summed E-state index contributed by atoms with van der Waals surface area (Å²) in [7, 11) is 0. The van der Waals surface area contributed by atoms with E-state index >= 15 is 0 Å². The Labute approximate surface area is 816 Å². The first-order valence-corrected chi connectivity index (χ1v) is 49.0. The highest BCUT2D eigenvalue weighted by Gasteiger charge is 2.35. The summed E-state index contributed by atoms with van der Waals surface area (Å²) >= 11 is 0. The van der Waals surface area contributed by atoms with Crippen molar-refractivity contribution in [3.05, 3.63) is 167 Å². The zero-order valence-corrected chi connectivity index (χ0v) is 80.9. The number of fused-ring (bicyclic) bond motifs is 2. The summed E-state index contributed by atoms with van der Waals surface area (Å²) in [4.78, 5) is 200. The van der Waals surface area contributed by atoms with Crippen molar-refractivity contribution in [2.45, 2.75) is 263 Å². The van der Waals surface area contributed by atoms with E-state index in [0.29, 0.717) is 109 Å². The number of amides is 8. The molecule has 0 aliphatic heterocycles. The van der Waals surface area contributed by atoms with Crippen LogP contribution < -0.4 is 64.6 Å². The lowest BCUT2D eigenvalue weighted by atomic mass is 9.77. The lowest BCUT2D eigenvalue weighted by molar-refractivity contribution is -0.142. The third kappa shape index (κ3) is 41.7. The molecule has 34 nitrogen and oxygen atoms in total. The number of urea groups is 2. The van der Waals surface area contributed by atoms with Crippen LogP contribution in [0.15, 0.2) is 133 Å². The number of hydrogen-bond donors (Lipinski definition) is 18. The van der Waals surface area contributed by atoms with E-state index in [4.69, 9.17) is 13.0 Å². The second-order valence-corrected chi connectivity index (χ2v) is 38.1. The summed E-state index contributed by atoms with van der Waals surface area (Å²) in [5.41, 5.74) is 10.9. The van der Waals surface area contributed by atoms with Crippen molar-refractivity contribution in [2.24, 2.45) is 58.8 Å². The van der Waals surface area contributed by atoms with Gasteiger partial charge in [0.1, 0.15) is 38.6 Å². The smallest absolute Gasteiger partial charge is 0.326 e. The number of carboxylic acids is 6. The van der Waals surface area contributed by atoms with Gasteiger partial charge in [-0.05, 0) is 226 Å². The normalized spacial score (nSPS) is 17.0. The minimum absolute atomic E-state index is 0.00109. The maximum atomic E-state index is 13.9. The van der Waals surface area contributed by atoms with Gasteiger partial charge in [0.15, 0.2) is 11.6 Å². The van der Waals surface area contributed by atoms with Gasteiger partial charge >= 0.3 is 47.9 Å². The monoisotopic (exact) mass is 1930 g/mol. The number of nitrogens with one attached hydrogen (secondary N) is 10. The Morgan fingerprint density at radius 2 is 0.705 bits per heavy atom. The molecule has 8 rings (SSSR count). The Morgan fingerprint density at radius 3 is 1.07 bits per heavy atom. The van der Waals surface area contributed by atoms with Crippen LogP contribution in [0.4, 0.5) is 9.59 Å². The molecule has 10 atom stereocenters. The first-order valence-electron chi connectivity index (χ1n) is 50.0. The number of carbonyl (C=O) groups is 16. The molecule has 2 fully saturated rings. The van der Waals surface area contributed by atoms with Crippen LogP contribution in [0.25, 0.3) is 21.5 Å². The molecule has 139 heavy (non-hydrogen) atoms. The van der Waals surface area contributed by atoms with Crippen LogP contribution in [0.3, 0.4) is 0 Å². The summed E-state index contributed by atoms with van der Waals surface area (Å²) in [6.07, 6.45) is 9.21. The molecule has 0 spiro atoms. The van der Waals surface area contributed by atoms with Crippen LogP contribution in [-0.4, -0.2) is 214 Å². The minimum Gasteiger partial charge on any atom is -0.481 e. The molecule has 8 amide bonds. The van der Waals surface area contributed by atoms with Crippen molar-refractivity contribution in [1.29, 1.82) is 0 Å². The number of benzene rings is 6. The highest BCUT2D eigenvalue weighted by molar-refractivity contribution is 5.93. The quantitative estimate of drug-likeness (QED) is 0.0158. The number of rotatable bonds is 63. The molecule has 6 aromatic carbocycles. The van der Waals surface area contributed by atoms with Crippen molar-refractivity contribution >= 4 is 116 Å². The summed E-state index contributed by atoms with van der Waals surface area (Å²) < 4.78 is 15.5. The first kappa shape index (κ1) is 110. The second-order valence-electron chi connectivity index (χ2n) is 38.1. The lowest BCUT2D eigenvalue weighted by Crippen LogP contribution is -2.51. The number of carbonyl (C=O) groups excluding carboxylic acids is 10. The predicted octanol–water partition coefficient (Wildman–Crippen LogP) is 10.6. The van der Waals surface area contributed by atoms with Gasteiger partial charge in [0.05, 0.1) is 25.2 Å². The number of ketones is 4. The summed E-state index contributed by atoms with van der Waals surface area (Å²) in [5, 5.41) is 86.4. The van der Waals surface area contributed by atoms with Crippen molar-refractivity contribution in [1.82, 2.24) is 53.2 Å². The molecule has 0 heterocycles. The van der Waals surface area contributed by atoms with E-state index in [1.54, 1.807) is 0 Å². The molecule has 2 aliphatic carbocycles. The maximum absolute atomic E-state index is 13.9. The van der Waals surface area contributed by atoms with Gasteiger partial charge in [-0.1, -0.05) is 181 Å². The molecule has 20 N–H and O–H groups in total. The van der Waals surface area contributed by atoms with Gasteiger partial charge in [-0.3, -0.25) is 47.9 Å². The van der Waals surface area contributed by atoms with Crippen LogP contribution in [0.1, 0.15) is 234 Å². The number of Topliss-reactive ketones (excluding diaryl/α,β-unsaturated/α-hetero) is 4. The minimum atomic E-state index is -1.53. The largest absolute Gasteiger partial charge is 0.481 e. The van der Waals surface area contributed by atoms with Crippen molar-refractivity contribution in [3.63, 3.8) is 0 Å². The van der Waals surface area contributed by atoms with E-state index in [0.717, 1.165) is 75.9 Å². The molecule has 0 bridgehead atoms. The Balaban J connectivity index is 0.000000383. The zero-order chi connectivity index (χ0) is 103. The van der Waals surface area contributed by atoms with Crippen molar-refractivity contribution < 1.29 is 110 Å². The third-order valence-electron chi connectivity index (χ3n) is 26.0. The van der Waals surface area contributed by atoms with Gasteiger partial charge in [0, 0.05) is 93.9 Å². The average Bonchev–Trinajstić information content (AvgIpc) is 0.833. The molecule has 2 saturated carbocycles. The average molecular weight is 1930 g/mol. The molecule has 0 saturated heterocycles. The summed E-state index contributed by atoms with van der Waals surface area (Å²) in [6.45, 7) is 14.7. The van der Waals surface area contributed by atoms with Crippen LogP contribution in [0, 0.1) is 47.3 Å². The van der Waals surface area contributed by atoms with Gasteiger partial charge < -0.3 is 95.3 Å². The van der Waals surface area contributed by atoms with E-state index in [1.807, 2.05) is 123 Å². The van der Waals surface area contributed by atoms with Crippen LogP contribution in [0.2, 0.25) is 2.82 Å². The molecule has 0 radical (unpaired) electrons. The summed E-state index contributed by atoms with van der Waals surface area (Å²) in [6, 6.07) is 34.4. The molecule has 0 aromatic heterocycles. The number of hydrogen-bond acceptors (Lipinski definition) is 20. The van der Waals surface area contributed by atoms with E-state index < -0.39 is 109 Å². The summed E-state index contributed by atoms with van der Waals surface area (Å²) in [5.74, 6) is -10.2. The van der Waals surface area contributed by atoms with Gasteiger partial charge in [0.25, 0.3) is 0 Å². The molecular weight excluding hydrogens is 1780 g/mol. The number of unbranched alkanes of at least 4 members (excludes halogenated alkanes) is 3. The topological polar surface area (TPSA) is 567 Å². The Morgan fingerprint density at radius 1 is 0.360 bits per heavy atom. The van der Waals surface area contributed by atoms with Gasteiger partial charge in [-0.2, -0.15) is 0 Å². The number of nitrogens with two attached hydrogens (primary N) is 2. The number of carboxylic acid groups (broad SMARTS) is 6. The van der Waals surface area contributed by atoms with Crippen LogP contribution in [0.5, 0.6) is 0 Å². The predicted molar refractivity (Wildman–Crippen MR) is 527 cm³/mol. The Bertz CT molecular complexity index is 5110. The maximum Gasteiger partial charge on any atom is 0.326 e. The molecule has 758 valence electrons. The molecular formula is C105H146N12O22. The lowest BCUT2D eigenvalue weighted by Gasteiger charge is -2.29. The SMILES string of the molecule is [2H]NC(CCCCNCC(=O)C(C)c1ccc(CC(C)C)cc1)C(=O)NCC1CCC(C(=O)CC(Cc2ccc3ccccc3c2)C(=O)NCCCCC(NC(=O)NC(CCC(=O)O)C(=O)O)C(=O)O)CC1.[2H]NC(CNCC(=O)C(C)c1ccc(CC(C)C)cc1)C(=O)NCC1CCC(C(=O)CC(Cc2ccc3ccccc3c2)C(=O)NCCCCC(NC(=O)NC(CCC(=O)O)C(=O)O)C(=O)O)CC1. The van der Waals surface area contributed by atoms with Gasteiger partial charge in [-0.25, -0.2) is 28.8 Å². The number of aliphatic carboxylic acids is 6. The molecule has 6 aromatic rings. The first-order chi connectivity index (χ1) is 67.4. The fourth-order valence-corrected chi connectivity index (χ4v) is 17.6. The van der Waals surface area contributed by atoms with Crippen LogP contribution >= 0.6 is 0 Å². The molecule has 34 heteroatoms. The highest BCUT2D eigenvalue weighted by atomic mass is 16.4. The second kappa shape index (κ2) is 59.8. The Kier molecular flexibility index (Phi) is 47.4. The van der Waals surface area contributed by atoms with Crippen molar-refractivity contribution in [3.8, 4) is 0 Å². The Hall–Kier alpha value is -12.4. The van der Waals surface area contributed by atoms with E-state index in [-0.39, 0.29) is 166 Å². The van der Waals surface area contributed by atoms with E-state index in [1.165, 1.54) is 11.1 Å². The van der Waals surface area contributed by atoms with Crippen LogP contribution in [-0.2, 0) is 92.8 Å². The van der Waals surface area contributed by atoms with Crippen molar-refractivity contribution in [2.75, 3.05) is 52.4 Å². The fraction of sp³-hybridized carbons (Fsp3) is 0.543. The highest BCUT2D eigenvalue weighted by Crippen LogP contribution is 2.34. The molecule has 10 unspecified atom stereocenters. The van der Waals surface area contributed by atoms with Gasteiger partial charge in [0.2, 0.25) is 23.6 Å². The zero-order valence-electron chi connectivity index (χ0n) is 82.9.